The summed E-state index contributed by atoms with van der Waals surface area (Å²) < 4.78 is 14.6. The highest BCUT2D eigenvalue weighted by Gasteiger charge is 2.51. The van der Waals surface area contributed by atoms with Crippen molar-refractivity contribution in [1.29, 1.82) is 0 Å². The minimum Gasteiger partial charge on any atom is -0.355 e. The van der Waals surface area contributed by atoms with Crippen molar-refractivity contribution in [2.24, 2.45) is 13.0 Å². The van der Waals surface area contributed by atoms with Gasteiger partial charge in [-0.15, -0.1) is 0 Å². The molecular weight excluding hydrogens is 385 g/mol. The maximum Gasteiger partial charge on any atom is 0.263 e. The highest BCUT2D eigenvalue weighted by Crippen LogP contribution is 2.48. The van der Waals surface area contributed by atoms with Crippen LogP contribution in [0.1, 0.15) is 41.6 Å². The Labute approximate surface area is 174 Å². The molecule has 4 rings (SSSR count). The number of likely N-dealkylation sites (tertiary alicyclic amines) is 1. The van der Waals surface area contributed by atoms with E-state index in [2.05, 4.69) is 5.32 Å². The number of carbonyl (C=O) groups is 2. The molecule has 6 nitrogen and oxygen atoms in total. The van der Waals surface area contributed by atoms with Crippen LogP contribution in [0.4, 0.5) is 4.39 Å². The van der Waals surface area contributed by atoms with Crippen molar-refractivity contribution < 1.29 is 14.0 Å². The molecule has 2 amide bonds. The average Bonchev–Trinajstić information content (AvgIpc) is 3.56. The lowest BCUT2D eigenvalue weighted by atomic mass is 9.93. The van der Waals surface area contributed by atoms with E-state index in [1.807, 2.05) is 0 Å². The Hall–Kier alpha value is -2.96. The third-order valence-electron chi connectivity index (χ3n) is 6.39. The van der Waals surface area contributed by atoms with E-state index in [0.29, 0.717) is 25.6 Å². The first-order valence-corrected chi connectivity index (χ1v) is 10.4. The fourth-order valence-corrected chi connectivity index (χ4v) is 4.22. The van der Waals surface area contributed by atoms with Crippen LogP contribution in [-0.4, -0.2) is 40.9 Å². The van der Waals surface area contributed by atoms with Gasteiger partial charge in [0.2, 0.25) is 5.91 Å². The van der Waals surface area contributed by atoms with E-state index in [-0.39, 0.29) is 28.8 Å². The van der Waals surface area contributed by atoms with Crippen molar-refractivity contribution in [2.75, 3.05) is 19.6 Å². The average molecular weight is 411 g/mol. The summed E-state index contributed by atoms with van der Waals surface area (Å²) in [5.41, 5.74) is 0.262. The number of rotatable bonds is 5. The van der Waals surface area contributed by atoms with Gasteiger partial charge in [-0.05, 0) is 61.4 Å². The Bertz CT molecular complexity index is 1000. The fraction of sp³-hybridized carbons (Fsp3) is 0.435. The maximum atomic E-state index is 13.2. The van der Waals surface area contributed by atoms with Gasteiger partial charge < -0.3 is 14.8 Å². The molecule has 0 bridgehead atoms. The van der Waals surface area contributed by atoms with Crippen LogP contribution in [0.5, 0.6) is 0 Å². The molecule has 0 atom stereocenters. The van der Waals surface area contributed by atoms with E-state index in [1.165, 1.54) is 16.7 Å². The molecule has 0 spiro atoms. The number of benzene rings is 1. The van der Waals surface area contributed by atoms with Crippen LogP contribution in [0.25, 0.3) is 0 Å². The number of nitrogens with zero attached hydrogens (tertiary/aromatic N) is 2. The van der Waals surface area contributed by atoms with Gasteiger partial charge in [0.15, 0.2) is 0 Å². The number of piperidine rings is 1. The Morgan fingerprint density at radius 1 is 1.13 bits per heavy atom. The second kappa shape index (κ2) is 8.05. The lowest BCUT2D eigenvalue weighted by Crippen LogP contribution is -2.44. The van der Waals surface area contributed by atoms with Crippen molar-refractivity contribution in [3.05, 3.63) is 69.9 Å². The SMILES string of the molecule is Cn1cccc(C(=O)N2CCC(CNC(=O)C3(c4ccc(F)cc4)CC3)CC2)c1=O. The summed E-state index contributed by atoms with van der Waals surface area (Å²) in [5.74, 6) is -0.238. The quantitative estimate of drug-likeness (QED) is 0.820. The lowest BCUT2D eigenvalue weighted by molar-refractivity contribution is -0.123. The number of pyridine rings is 1. The fourth-order valence-electron chi connectivity index (χ4n) is 4.22. The van der Waals surface area contributed by atoms with E-state index in [9.17, 15) is 18.8 Å². The smallest absolute Gasteiger partial charge is 0.263 e. The molecule has 1 aliphatic heterocycles. The molecule has 1 aliphatic carbocycles. The summed E-state index contributed by atoms with van der Waals surface area (Å²) in [7, 11) is 1.63. The zero-order valence-corrected chi connectivity index (χ0v) is 17.1. The minimum absolute atomic E-state index is 0.000367. The molecule has 7 heteroatoms. The molecule has 1 saturated carbocycles. The summed E-state index contributed by atoms with van der Waals surface area (Å²) >= 11 is 0. The first-order chi connectivity index (χ1) is 14.4. The largest absolute Gasteiger partial charge is 0.355 e. The van der Waals surface area contributed by atoms with Gasteiger partial charge in [0.05, 0.1) is 5.41 Å². The Kier molecular flexibility index (Phi) is 5.45. The van der Waals surface area contributed by atoms with Gasteiger partial charge >= 0.3 is 0 Å². The number of hydrogen-bond donors (Lipinski definition) is 1. The van der Waals surface area contributed by atoms with Crippen molar-refractivity contribution in [1.82, 2.24) is 14.8 Å². The summed E-state index contributed by atoms with van der Waals surface area (Å²) in [5, 5.41) is 3.07. The van der Waals surface area contributed by atoms with Crippen LogP contribution in [0, 0.1) is 11.7 Å². The molecule has 2 aromatic rings. The molecule has 1 aromatic carbocycles. The predicted octanol–water partition coefficient (Wildman–Crippen LogP) is 2.22. The Balaban J connectivity index is 1.30. The van der Waals surface area contributed by atoms with E-state index in [1.54, 1.807) is 42.4 Å². The van der Waals surface area contributed by atoms with Gasteiger partial charge in [-0.1, -0.05) is 12.1 Å². The molecule has 1 N–H and O–H groups in total. The van der Waals surface area contributed by atoms with Crippen LogP contribution in [0.2, 0.25) is 0 Å². The zero-order valence-electron chi connectivity index (χ0n) is 17.1. The molecule has 0 unspecified atom stereocenters. The number of halogens is 1. The number of amides is 2. The van der Waals surface area contributed by atoms with E-state index in [0.717, 1.165) is 31.2 Å². The minimum atomic E-state index is -0.516. The molecule has 30 heavy (non-hydrogen) atoms. The molecule has 1 saturated heterocycles. The predicted molar refractivity (Wildman–Crippen MR) is 111 cm³/mol. The first-order valence-electron chi connectivity index (χ1n) is 10.4. The van der Waals surface area contributed by atoms with Gasteiger partial charge in [0.25, 0.3) is 11.5 Å². The second-order valence-corrected chi connectivity index (χ2v) is 8.37. The molecule has 2 aliphatic rings. The molecule has 158 valence electrons. The molecule has 2 fully saturated rings. The summed E-state index contributed by atoms with van der Waals surface area (Å²) in [6.45, 7) is 1.71. The molecular formula is C23H26FN3O3. The van der Waals surface area contributed by atoms with Crippen LogP contribution >= 0.6 is 0 Å². The second-order valence-electron chi connectivity index (χ2n) is 8.37. The van der Waals surface area contributed by atoms with Gasteiger partial charge in [-0.2, -0.15) is 0 Å². The Morgan fingerprint density at radius 2 is 1.80 bits per heavy atom. The zero-order chi connectivity index (χ0) is 21.3. The number of nitrogens with one attached hydrogen (secondary N) is 1. The standard InChI is InChI=1S/C23H26FN3O3/c1-26-12-2-3-19(20(26)28)21(29)27-13-8-16(9-14-27)15-25-22(30)23(10-11-23)17-4-6-18(24)7-5-17/h2-7,12,16H,8-11,13-15H2,1H3,(H,25,30). The normalized spacial score (nSPS) is 18.1. The van der Waals surface area contributed by atoms with Gasteiger partial charge in [-0.3, -0.25) is 14.4 Å². The number of aromatic nitrogens is 1. The Morgan fingerprint density at radius 3 is 2.43 bits per heavy atom. The molecule has 0 radical (unpaired) electrons. The van der Waals surface area contributed by atoms with E-state index >= 15 is 0 Å². The highest BCUT2D eigenvalue weighted by atomic mass is 19.1. The van der Waals surface area contributed by atoms with Gasteiger partial charge in [-0.25, -0.2) is 4.39 Å². The van der Waals surface area contributed by atoms with Crippen LogP contribution in [0.3, 0.4) is 0 Å². The highest BCUT2D eigenvalue weighted by molar-refractivity contribution is 5.94. The third-order valence-corrected chi connectivity index (χ3v) is 6.39. The lowest BCUT2D eigenvalue weighted by Gasteiger charge is -2.32. The van der Waals surface area contributed by atoms with Gasteiger partial charge in [0, 0.05) is 32.9 Å². The number of carbonyl (C=O) groups excluding carboxylic acids is 2. The van der Waals surface area contributed by atoms with Crippen molar-refractivity contribution in [2.45, 2.75) is 31.1 Å². The topological polar surface area (TPSA) is 71.4 Å². The summed E-state index contributed by atoms with van der Waals surface area (Å²) in [4.78, 5) is 39.4. The van der Waals surface area contributed by atoms with E-state index in [4.69, 9.17) is 0 Å². The van der Waals surface area contributed by atoms with Gasteiger partial charge in [0.1, 0.15) is 11.4 Å². The molecule has 1 aromatic heterocycles. The van der Waals surface area contributed by atoms with E-state index < -0.39 is 5.41 Å². The third kappa shape index (κ3) is 3.88. The van der Waals surface area contributed by atoms with Crippen molar-refractivity contribution in [3.63, 3.8) is 0 Å². The van der Waals surface area contributed by atoms with Crippen LogP contribution < -0.4 is 10.9 Å². The van der Waals surface area contributed by atoms with Crippen LogP contribution in [-0.2, 0) is 17.3 Å². The maximum absolute atomic E-state index is 13.2. The monoisotopic (exact) mass is 411 g/mol. The summed E-state index contributed by atoms with van der Waals surface area (Å²) in [6.07, 6.45) is 4.75. The summed E-state index contributed by atoms with van der Waals surface area (Å²) in [6, 6.07) is 9.46. The van der Waals surface area contributed by atoms with Crippen LogP contribution in [0.15, 0.2) is 47.4 Å². The van der Waals surface area contributed by atoms with Crippen molar-refractivity contribution in [3.8, 4) is 0 Å². The molecule has 2 heterocycles. The number of aryl methyl sites for hydroxylation is 1. The number of hydrogen-bond acceptors (Lipinski definition) is 3. The van der Waals surface area contributed by atoms with Crippen molar-refractivity contribution >= 4 is 11.8 Å². The first kappa shape index (κ1) is 20.3.